The van der Waals surface area contributed by atoms with Gasteiger partial charge in [0.15, 0.2) is 12.6 Å². The van der Waals surface area contributed by atoms with Crippen molar-refractivity contribution >= 4 is 12.0 Å². The van der Waals surface area contributed by atoms with Crippen molar-refractivity contribution in [3.63, 3.8) is 0 Å². The molecule has 0 radical (unpaired) electrons. The van der Waals surface area contributed by atoms with E-state index < -0.39 is 30.1 Å². The Balaban J connectivity index is 1.99. The van der Waals surface area contributed by atoms with Gasteiger partial charge in [-0.25, -0.2) is 4.79 Å². The summed E-state index contributed by atoms with van der Waals surface area (Å²) in [7, 11) is 1.52. The van der Waals surface area contributed by atoms with E-state index in [0.29, 0.717) is 23.3 Å². The molecule has 1 aromatic rings. The highest BCUT2D eigenvalue weighted by molar-refractivity contribution is 5.96. The topological polar surface area (TPSA) is 83.5 Å². The van der Waals surface area contributed by atoms with Crippen molar-refractivity contribution in [3.05, 3.63) is 47.6 Å². The number of aliphatic hydroxyl groups excluding tert-OH is 1. The van der Waals surface area contributed by atoms with E-state index in [0.717, 1.165) is 0 Å². The van der Waals surface area contributed by atoms with Crippen molar-refractivity contribution in [1.82, 2.24) is 0 Å². The van der Waals surface area contributed by atoms with E-state index in [9.17, 15) is 9.90 Å². The first-order valence-corrected chi connectivity index (χ1v) is 10.6. The smallest absolute Gasteiger partial charge is 0.342 e. The quantitative estimate of drug-likeness (QED) is 0.443. The first-order valence-electron chi connectivity index (χ1n) is 10.6. The van der Waals surface area contributed by atoms with Crippen molar-refractivity contribution in [3.8, 4) is 5.75 Å². The third kappa shape index (κ3) is 5.74. The summed E-state index contributed by atoms with van der Waals surface area (Å²) < 4.78 is 28.3. The number of fused-ring (bicyclic) bond motifs is 2. The minimum absolute atomic E-state index is 0.0179. The lowest BCUT2D eigenvalue weighted by molar-refractivity contribution is -0.152. The fourth-order valence-corrected chi connectivity index (χ4v) is 3.70. The van der Waals surface area contributed by atoms with E-state index in [1.54, 1.807) is 12.1 Å². The van der Waals surface area contributed by atoms with Crippen LogP contribution in [0.4, 0.5) is 0 Å². The van der Waals surface area contributed by atoms with Gasteiger partial charge in [-0.2, -0.15) is 0 Å². The molecule has 0 aromatic heterocycles. The number of carbonyl (C=O) groups is 1. The molecule has 0 spiro atoms. The van der Waals surface area contributed by atoms with Crippen LogP contribution in [0.1, 0.15) is 50.0 Å². The third-order valence-electron chi connectivity index (χ3n) is 5.46. The minimum atomic E-state index is -0.838. The fourth-order valence-electron chi connectivity index (χ4n) is 3.70. The summed E-state index contributed by atoms with van der Waals surface area (Å²) in [6.07, 6.45) is 5.69. The molecular weight excluding hydrogens is 400 g/mol. The van der Waals surface area contributed by atoms with E-state index in [2.05, 4.69) is 0 Å². The van der Waals surface area contributed by atoms with Crippen LogP contribution in [0.15, 0.2) is 36.4 Å². The summed E-state index contributed by atoms with van der Waals surface area (Å²) >= 11 is 0. The number of benzene rings is 1. The van der Waals surface area contributed by atoms with Crippen molar-refractivity contribution < 1.29 is 33.6 Å². The first kappa shape index (κ1) is 23.5. The number of hydrogen-bond donors (Lipinski definition) is 1. The maximum atomic E-state index is 13.1. The molecule has 1 N–H and O–H groups in total. The second-order valence-electron chi connectivity index (χ2n) is 8.39. The highest BCUT2D eigenvalue weighted by atomic mass is 16.8. The first-order chi connectivity index (χ1) is 14.7. The number of aliphatic hydroxyl groups is 1. The van der Waals surface area contributed by atoms with E-state index in [1.165, 1.54) is 7.11 Å². The molecule has 7 nitrogen and oxygen atoms in total. The van der Waals surface area contributed by atoms with E-state index in [1.807, 2.05) is 58.1 Å². The van der Waals surface area contributed by atoms with E-state index in [4.69, 9.17) is 23.7 Å². The number of ether oxygens (including phenoxy) is 5. The molecular formula is C24H32O7. The second-order valence-corrected chi connectivity index (χ2v) is 8.39. The number of hydrogen-bond acceptors (Lipinski definition) is 7. The van der Waals surface area contributed by atoms with Gasteiger partial charge in [0.25, 0.3) is 0 Å². The van der Waals surface area contributed by atoms with Gasteiger partial charge < -0.3 is 28.8 Å². The van der Waals surface area contributed by atoms with Gasteiger partial charge in [-0.1, -0.05) is 43.4 Å². The normalized spacial score (nSPS) is 31.8. The van der Waals surface area contributed by atoms with Gasteiger partial charge in [0.1, 0.15) is 29.6 Å². The lowest BCUT2D eigenvalue weighted by atomic mass is 9.99. The molecule has 1 saturated heterocycles. The molecule has 5 atom stereocenters. The van der Waals surface area contributed by atoms with Crippen molar-refractivity contribution in [2.45, 2.75) is 64.3 Å². The van der Waals surface area contributed by atoms with Gasteiger partial charge in [-0.05, 0) is 38.8 Å². The zero-order valence-electron chi connectivity index (χ0n) is 18.7. The van der Waals surface area contributed by atoms with Crippen LogP contribution < -0.4 is 4.74 Å². The van der Waals surface area contributed by atoms with Crippen LogP contribution in [-0.4, -0.2) is 55.2 Å². The third-order valence-corrected chi connectivity index (χ3v) is 5.46. The molecule has 3 rings (SSSR count). The highest BCUT2D eigenvalue weighted by Crippen LogP contribution is 2.33. The van der Waals surface area contributed by atoms with Crippen LogP contribution in [0.5, 0.6) is 5.75 Å². The molecule has 0 amide bonds. The zero-order valence-corrected chi connectivity index (χ0v) is 18.7. The fraction of sp³-hybridized carbons (Fsp3) is 0.542. The predicted octanol–water partition coefficient (Wildman–Crippen LogP) is 3.70. The van der Waals surface area contributed by atoms with Gasteiger partial charge in [-0.3, -0.25) is 0 Å². The van der Waals surface area contributed by atoms with E-state index in [-0.39, 0.29) is 18.8 Å². The average Bonchev–Trinajstić information content (AvgIpc) is 3.03. The van der Waals surface area contributed by atoms with Gasteiger partial charge in [0, 0.05) is 13.0 Å². The van der Waals surface area contributed by atoms with Crippen molar-refractivity contribution in [1.29, 1.82) is 0 Å². The van der Waals surface area contributed by atoms with Gasteiger partial charge in [0.2, 0.25) is 0 Å². The Kier molecular flexibility index (Phi) is 7.54. The molecule has 1 fully saturated rings. The van der Waals surface area contributed by atoms with Crippen LogP contribution in [0.25, 0.3) is 6.08 Å². The molecule has 2 aliphatic rings. The molecule has 7 heteroatoms. The summed E-state index contributed by atoms with van der Waals surface area (Å²) in [5.74, 6) is -0.993. The maximum Gasteiger partial charge on any atom is 0.342 e. The molecule has 2 aliphatic heterocycles. The Labute approximate surface area is 183 Å². The van der Waals surface area contributed by atoms with Crippen LogP contribution in [0.3, 0.4) is 0 Å². The molecule has 0 aliphatic carbocycles. The second kappa shape index (κ2) is 9.96. The lowest BCUT2D eigenvalue weighted by Gasteiger charge is -2.22. The predicted molar refractivity (Wildman–Crippen MR) is 116 cm³/mol. The Morgan fingerprint density at radius 1 is 1.19 bits per heavy atom. The van der Waals surface area contributed by atoms with Crippen LogP contribution in [0, 0.1) is 5.92 Å². The molecule has 1 unspecified atom stereocenters. The van der Waals surface area contributed by atoms with Gasteiger partial charge in [0.05, 0.1) is 6.10 Å². The largest absolute Gasteiger partial charge is 0.467 e. The number of carbonyl (C=O) groups excluding carboxylic acids is 1. The Morgan fingerprint density at radius 3 is 2.71 bits per heavy atom. The lowest BCUT2D eigenvalue weighted by Crippen LogP contribution is -2.34. The molecule has 31 heavy (non-hydrogen) atoms. The monoisotopic (exact) mass is 432 g/mol. The molecule has 2 heterocycles. The number of rotatable bonds is 3. The molecule has 0 bridgehead atoms. The number of esters is 1. The SMILES string of the molecule is COCOc1cccc2c1C(=O)O[C@@H](C)[C@H](C)/C=C\C(O)[C@H]1OC(C)(C)O[C@H]1CC=C2. The number of methoxy groups -OCH3 is 1. The van der Waals surface area contributed by atoms with Crippen molar-refractivity contribution in [2.75, 3.05) is 13.9 Å². The Bertz CT molecular complexity index is 829. The Hall–Kier alpha value is -2.19. The van der Waals surface area contributed by atoms with Gasteiger partial charge in [-0.15, -0.1) is 0 Å². The summed E-state index contributed by atoms with van der Waals surface area (Å²) in [5.41, 5.74) is 1.01. The summed E-state index contributed by atoms with van der Waals surface area (Å²) in [6.45, 7) is 7.43. The highest BCUT2D eigenvalue weighted by Gasteiger charge is 2.43. The summed E-state index contributed by atoms with van der Waals surface area (Å²) in [6, 6.07) is 5.35. The standard InChI is InChI=1S/C24H32O7/c1-15-12-13-18(25)22-20(30-24(3,4)31-22)11-7-9-17-8-6-10-19(28-14-27-5)21(17)23(26)29-16(15)2/h6-10,12-13,15-16,18,20,22,25H,11,14H2,1-5H3/b9-7?,13-12-/t15-,16+,18?,20+,22-/m1/s1. The summed E-state index contributed by atoms with van der Waals surface area (Å²) in [4.78, 5) is 13.1. The van der Waals surface area contributed by atoms with Crippen LogP contribution >= 0.6 is 0 Å². The molecule has 1 aromatic carbocycles. The Morgan fingerprint density at radius 2 is 1.97 bits per heavy atom. The summed E-state index contributed by atoms with van der Waals surface area (Å²) in [5, 5.41) is 10.7. The minimum Gasteiger partial charge on any atom is -0.467 e. The van der Waals surface area contributed by atoms with Crippen LogP contribution in [-0.2, 0) is 18.9 Å². The van der Waals surface area contributed by atoms with Gasteiger partial charge >= 0.3 is 5.97 Å². The number of cyclic esters (lactones) is 1. The van der Waals surface area contributed by atoms with Crippen molar-refractivity contribution in [2.24, 2.45) is 5.92 Å². The zero-order chi connectivity index (χ0) is 22.6. The molecule has 170 valence electrons. The maximum absolute atomic E-state index is 13.1. The average molecular weight is 433 g/mol. The molecule has 0 saturated carbocycles. The van der Waals surface area contributed by atoms with E-state index >= 15 is 0 Å². The van der Waals surface area contributed by atoms with Crippen LogP contribution in [0.2, 0.25) is 0 Å².